The number of nitrogens with zero attached hydrogens (tertiary/aromatic N) is 1. The predicted molar refractivity (Wildman–Crippen MR) is 46.2 cm³/mol. The van der Waals surface area contributed by atoms with E-state index in [-0.39, 0.29) is 6.61 Å². The van der Waals surface area contributed by atoms with Gasteiger partial charge in [-0.05, 0) is 13.8 Å². The largest absolute Gasteiger partial charge is 0.461 e. The third kappa shape index (κ3) is 3.42. The molecule has 74 valence electrons. The quantitative estimate of drug-likeness (QED) is 0.183. The average molecular weight is 208 g/mol. The number of Topliss-reactive ketones (excluding diaryl/α,β-unsaturated/α-hetero) is 1. The van der Waals surface area contributed by atoms with Gasteiger partial charge in [0.15, 0.2) is 0 Å². The van der Waals surface area contributed by atoms with Crippen molar-refractivity contribution in [3.63, 3.8) is 0 Å². The van der Waals surface area contributed by atoms with E-state index in [1.807, 2.05) is 0 Å². The van der Waals surface area contributed by atoms with E-state index in [0.29, 0.717) is 0 Å². The van der Waals surface area contributed by atoms with Crippen molar-refractivity contribution in [2.75, 3.05) is 6.61 Å². The number of oxime groups is 1. The van der Waals surface area contributed by atoms with E-state index in [2.05, 4.69) is 9.89 Å². The highest BCUT2D eigenvalue weighted by Gasteiger charge is 2.25. The maximum atomic E-state index is 11.1. The number of hydrogen-bond acceptors (Lipinski definition) is 5. The summed E-state index contributed by atoms with van der Waals surface area (Å²) in [4.78, 5) is 22.0. The standard InChI is InChI=1S/C7H10ClNO4/c1-3-13-7(11)5(9-12)6(10)4(2)8/h4,12H,3H2,1-2H3/b9-5+. The van der Waals surface area contributed by atoms with Crippen LogP contribution in [0, 0.1) is 0 Å². The molecule has 0 fully saturated rings. The minimum atomic E-state index is -0.970. The van der Waals surface area contributed by atoms with Crippen molar-refractivity contribution in [3.8, 4) is 0 Å². The number of esters is 1. The third-order valence-electron chi connectivity index (χ3n) is 1.16. The van der Waals surface area contributed by atoms with Crippen LogP contribution in [0.5, 0.6) is 0 Å². The Labute approximate surface area is 80.3 Å². The summed E-state index contributed by atoms with van der Waals surface area (Å²) in [5.74, 6) is -1.73. The molecular formula is C7H10ClNO4. The predicted octanol–water partition coefficient (Wildman–Crippen LogP) is 0.576. The minimum absolute atomic E-state index is 0.0990. The molecule has 0 saturated heterocycles. The topological polar surface area (TPSA) is 76.0 Å². The molecule has 0 aromatic heterocycles. The van der Waals surface area contributed by atoms with Crippen LogP contribution in [0.25, 0.3) is 0 Å². The molecule has 1 unspecified atom stereocenters. The molecule has 0 bridgehead atoms. The highest BCUT2D eigenvalue weighted by atomic mass is 35.5. The molecule has 0 amide bonds. The van der Waals surface area contributed by atoms with Crippen molar-refractivity contribution >= 4 is 29.1 Å². The second-order valence-corrected chi connectivity index (χ2v) is 2.80. The van der Waals surface area contributed by atoms with Crippen molar-refractivity contribution in [2.24, 2.45) is 5.16 Å². The number of hydrogen-bond donors (Lipinski definition) is 1. The molecule has 5 nitrogen and oxygen atoms in total. The van der Waals surface area contributed by atoms with E-state index in [1.54, 1.807) is 6.92 Å². The lowest BCUT2D eigenvalue weighted by Gasteiger charge is -2.03. The van der Waals surface area contributed by atoms with Crippen LogP contribution in [0.15, 0.2) is 5.16 Å². The zero-order chi connectivity index (χ0) is 10.4. The number of rotatable bonds is 4. The molecule has 1 atom stereocenters. The van der Waals surface area contributed by atoms with Crippen LogP contribution in [-0.4, -0.2) is 34.7 Å². The summed E-state index contributed by atoms with van der Waals surface area (Å²) in [6, 6.07) is 0. The number of carbonyl (C=O) groups is 2. The third-order valence-corrected chi connectivity index (χ3v) is 1.36. The fourth-order valence-corrected chi connectivity index (χ4v) is 0.682. The van der Waals surface area contributed by atoms with Gasteiger partial charge in [-0.25, -0.2) is 4.79 Å². The van der Waals surface area contributed by atoms with Crippen molar-refractivity contribution < 1.29 is 19.5 Å². The zero-order valence-electron chi connectivity index (χ0n) is 7.28. The second kappa shape index (κ2) is 5.53. The summed E-state index contributed by atoms with van der Waals surface area (Å²) in [5, 5.41) is 9.96. The Morgan fingerprint density at radius 1 is 1.62 bits per heavy atom. The van der Waals surface area contributed by atoms with Gasteiger partial charge in [0.25, 0.3) is 0 Å². The summed E-state index contributed by atoms with van der Waals surface area (Å²) in [6.45, 7) is 3.04. The van der Waals surface area contributed by atoms with Crippen molar-refractivity contribution in [1.82, 2.24) is 0 Å². The molecule has 13 heavy (non-hydrogen) atoms. The molecule has 0 aliphatic carbocycles. The smallest absolute Gasteiger partial charge is 0.364 e. The van der Waals surface area contributed by atoms with Crippen molar-refractivity contribution in [2.45, 2.75) is 19.2 Å². The van der Waals surface area contributed by atoms with Gasteiger partial charge in [0.2, 0.25) is 11.5 Å². The first-order valence-electron chi connectivity index (χ1n) is 3.62. The van der Waals surface area contributed by atoms with E-state index in [1.165, 1.54) is 6.92 Å². The van der Waals surface area contributed by atoms with Crippen LogP contribution >= 0.6 is 11.6 Å². The molecule has 1 N–H and O–H groups in total. The lowest BCUT2D eigenvalue weighted by molar-refractivity contribution is -0.135. The summed E-state index contributed by atoms with van der Waals surface area (Å²) in [7, 11) is 0. The first kappa shape index (κ1) is 11.9. The Morgan fingerprint density at radius 2 is 2.15 bits per heavy atom. The van der Waals surface area contributed by atoms with E-state index in [4.69, 9.17) is 16.8 Å². The lowest BCUT2D eigenvalue weighted by atomic mass is 10.2. The molecule has 6 heteroatoms. The van der Waals surface area contributed by atoms with Gasteiger partial charge in [-0.3, -0.25) is 4.79 Å². The molecule has 0 radical (unpaired) electrons. The van der Waals surface area contributed by atoms with E-state index < -0.39 is 22.8 Å². The first-order chi connectivity index (χ1) is 6.04. The molecule has 0 aromatic rings. The number of ether oxygens (including phenoxy) is 1. The van der Waals surface area contributed by atoms with Gasteiger partial charge < -0.3 is 9.94 Å². The molecule has 0 rings (SSSR count). The Morgan fingerprint density at radius 3 is 2.46 bits per heavy atom. The summed E-state index contributed by atoms with van der Waals surface area (Å²) in [6.07, 6.45) is 0. The van der Waals surface area contributed by atoms with Gasteiger partial charge >= 0.3 is 5.97 Å². The van der Waals surface area contributed by atoms with Crippen LogP contribution in [-0.2, 0) is 14.3 Å². The fraction of sp³-hybridized carbons (Fsp3) is 0.571. The summed E-state index contributed by atoms with van der Waals surface area (Å²) in [5.41, 5.74) is -0.677. The Bertz CT molecular complexity index is 237. The zero-order valence-corrected chi connectivity index (χ0v) is 8.04. The highest BCUT2D eigenvalue weighted by molar-refractivity contribution is 6.68. The van der Waals surface area contributed by atoms with Crippen LogP contribution in [0.4, 0.5) is 0 Å². The summed E-state index contributed by atoms with van der Waals surface area (Å²) >= 11 is 5.40. The van der Waals surface area contributed by atoms with Gasteiger partial charge in [0, 0.05) is 0 Å². The van der Waals surface area contributed by atoms with Crippen LogP contribution in [0.2, 0.25) is 0 Å². The monoisotopic (exact) mass is 207 g/mol. The highest BCUT2D eigenvalue weighted by Crippen LogP contribution is 1.99. The van der Waals surface area contributed by atoms with Crippen LogP contribution < -0.4 is 0 Å². The maximum Gasteiger partial charge on any atom is 0.364 e. The van der Waals surface area contributed by atoms with E-state index in [0.717, 1.165) is 0 Å². The number of ketones is 1. The average Bonchev–Trinajstić information content (AvgIpc) is 2.05. The molecule has 0 spiro atoms. The van der Waals surface area contributed by atoms with Gasteiger partial charge in [-0.2, -0.15) is 0 Å². The Hall–Kier alpha value is -1.10. The minimum Gasteiger partial charge on any atom is -0.461 e. The van der Waals surface area contributed by atoms with Crippen LogP contribution in [0.3, 0.4) is 0 Å². The van der Waals surface area contributed by atoms with E-state index >= 15 is 0 Å². The summed E-state index contributed by atoms with van der Waals surface area (Å²) < 4.78 is 4.46. The Balaban J connectivity index is 4.54. The number of alkyl halides is 1. The number of halogens is 1. The van der Waals surface area contributed by atoms with Gasteiger partial charge in [-0.15, -0.1) is 11.6 Å². The fourth-order valence-electron chi connectivity index (χ4n) is 0.579. The van der Waals surface area contributed by atoms with Crippen molar-refractivity contribution in [1.29, 1.82) is 0 Å². The van der Waals surface area contributed by atoms with Crippen molar-refractivity contribution in [3.05, 3.63) is 0 Å². The Kier molecular flexibility index (Phi) is 5.06. The molecule has 0 saturated carbocycles. The number of carbonyl (C=O) groups excluding carboxylic acids is 2. The normalized spacial score (nSPS) is 13.6. The SMILES string of the molecule is CCOC(=O)/C(=N/O)C(=O)C(C)Cl. The van der Waals surface area contributed by atoms with Gasteiger partial charge in [0.1, 0.15) is 0 Å². The molecular weight excluding hydrogens is 198 g/mol. The van der Waals surface area contributed by atoms with Gasteiger partial charge in [-0.1, -0.05) is 5.16 Å². The lowest BCUT2D eigenvalue weighted by Crippen LogP contribution is -2.31. The van der Waals surface area contributed by atoms with E-state index in [9.17, 15) is 9.59 Å². The maximum absolute atomic E-state index is 11.1. The van der Waals surface area contributed by atoms with Gasteiger partial charge in [0.05, 0.1) is 12.0 Å². The molecule has 0 heterocycles. The molecule has 0 aliphatic heterocycles. The molecule has 0 aromatic carbocycles. The van der Waals surface area contributed by atoms with Crippen LogP contribution in [0.1, 0.15) is 13.8 Å². The molecule has 0 aliphatic rings. The second-order valence-electron chi connectivity index (χ2n) is 2.15. The first-order valence-corrected chi connectivity index (χ1v) is 4.05.